The van der Waals surface area contributed by atoms with Crippen molar-refractivity contribution in [2.45, 2.75) is 34.1 Å². The van der Waals surface area contributed by atoms with Gasteiger partial charge in [0, 0.05) is 30.9 Å². The summed E-state index contributed by atoms with van der Waals surface area (Å²) in [7, 11) is 1.76. The topological polar surface area (TPSA) is 92.9 Å². The van der Waals surface area contributed by atoms with Crippen LogP contribution in [0, 0.1) is 19.8 Å². The smallest absolute Gasteiger partial charge is 0.317 e. The molecular weight excluding hydrogens is 382 g/mol. The first-order valence-electron chi connectivity index (χ1n) is 10.1. The van der Waals surface area contributed by atoms with E-state index < -0.39 is 5.97 Å². The lowest BCUT2D eigenvalue weighted by Gasteiger charge is -2.16. The number of aliphatic carboxylic acids is 1. The van der Waals surface area contributed by atoms with Crippen molar-refractivity contribution in [3.63, 3.8) is 0 Å². The van der Waals surface area contributed by atoms with Gasteiger partial charge in [-0.2, -0.15) is 0 Å². The number of carbonyl (C=O) groups is 1. The standard InChI is InChI=1S/C23H31N3O4/c1-6-15(2)22(18-11-17(4)23(29)26(5)14-18)25-20-8-7-19(12-16(20)3)30-10-9-24-13-21(27)28/h7-8,11-12,14-15,24H,6,9-10,13H2,1-5H3,(H,27,28)/b25-22+. The Labute approximate surface area is 177 Å². The fourth-order valence-corrected chi connectivity index (χ4v) is 3.08. The second kappa shape index (κ2) is 10.7. The van der Waals surface area contributed by atoms with Crippen molar-refractivity contribution in [3.8, 4) is 5.75 Å². The van der Waals surface area contributed by atoms with Crippen LogP contribution in [0.25, 0.3) is 0 Å². The highest BCUT2D eigenvalue weighted by molar-refractivity contribution is 6.03. The summed E-state index contributed by atoms with van der Waals surface area (Å²) >= 11 is 0. The first kappa shape index (κ1) is 23.3. The molecule has 0 aliphatic heterocycles. The van der Waals surface area contributed by atoms with Gasteiger partial charge in [-0.3, -0.25) is 14.6 Å². The summed E-state index contributed by atoms with van der Waals surface area (Å²) in [6, 6.07) is 7.62. The molecule has 0 spiro atoms. The molecule has 7 heteroatoms. The molecule has 1 unspecified atom stereocenters. The molecule has 1 aromatic carbocycles. The van der Waals surface area contributed by atoms with E-state index in [1.54, 1.807) is 11.6 Å². The highest BCUT2D eigenvalue weighted by Gasteiger charge is 2.15. The number of benzene rings is 1. The van der Waals surface area contributed by atoms with E-state index >= 15 is 0 Å². The third-order valence-electron chi connectivity index (χ3n) is 4.97. The molecule has 0 saturated carbocycles. The first-order valence-corrected chi connectivity index (χ1v) is 10.1. The minimum Gasteiger partial charge on any atom is -0.492 e. The van der Waals surface area contributed by atoms with Crippen LogP contribution in [-0.2, 0) is 11.8 Å². The van der Waals surface area contributed by atoms with E-state index in [2.05, 4.69) is 19.2 Å². The van der Waals surface area contributed by atoms with Gasteiger partial charge in [-0.1, -0.05) is 13.8 Å². The molecule has 0 bridgehead atoms. The van der Waals surface area contributed by atoms with E-state index in [1.807, 2.05) is 44.3 Å². The number of rotatable bonds is 10. The minimum absolute atomic E-state index is 0.00206. The molecule has 1 aromatic heterocycles. The van der Waals surface area contributed by atoms with Crippen LogP contribution >= 0.6 is 0 Å². The summed E-state index contributed by atoms with van der Waals surface area (Å²) in [6.45, 7) is 8.81. The van der Waals surface area contributed by atoms with E-state index in [-0.39, 0.29) is 18.0 Å². The maximum absolute atomic E-state index is 12.1. The summed E-state index contributed by atoms with van der Waals surface area (Å²) in [5.74, 6) is 0.0583. The number of hydrogen-bond acceptors (Lipinski definition) is 5. The van der Waals surface area contributed by atoms with Gasteiger partial charge >= 0.3 is 5.97 Å². The van der Waals surface area contributed by atoms with Crippen molar-refractivity contribution in [2.75, 3.05) is 19.7 Å². The molecule has 162 valence electrons. The van der Waals surface area contributed by atoms with Crippen LogP contribution in [0.5, 0.6) is 5.75 Å². The van der Waals surface area contributed by atoms with Crippen molar-refractivity contribution in [1.82, 2.24) is 9.88 Å². The predicted molar refractivity (Wildman–Crippen MR) is 119 cm³/mol. The molecule has 0 aliphatic carbocycles. The summed E-state index contributed by atoms with van der Waals surface area (Å²) < 4.78 is 7.29. The molecule has 2 aromatic rings. The minimum atomic E-state index is -0.890. The van der Waals surface area contributed by atoms with Crippen LogP contribution in [-0.4, -0.2) is 41.1 Å². The van der Waals surface area contributed by atoms with Gasteiger partial charge in [0.25, 0.3) is 5.56 Å². The van der Waals surface area contributed by atoms with Crippen molar-refractivity contribution < 1.29 is 14.6 Å². The van der Waals surface area contributed by atoms with Crippen LogP contribution in [0.15, 0.2) is 40.2 Å². The Bertz CT molecular complexity index is 953. The lowest BCUT2D eigenvalue weighted by molar-refractivity contribution is -0.135. The van der Waals surface area contributed by atoms with Crippen LogP contribution in [0.2, 0.25) is 0 Å². The molecule has 30 heavy (non-hydrogen) atoms. The fourth-order valence-electron chi connectivity index (χ4n) is 3.08. The molecule has 0 fully saturated rings. The summed E-state index contributed by atoms with van der Waals surface area (Å²) in [4.78, 5) is 27.5. The highest BCUT2D eigenvalue weighted by atomic mass is 16.5. The average Bonchev–Trinajstić information content (AvgIpc) is 2.70. The Morgan fingerprint density at radius 3 is 2.60 bits per heavy atom. The molecule has 0 aliphatic rings. The lowest BCUT2D eigenvalue weighted by atomic mass is 9.96. The quantitative estimate of drug-likeness (QED) is 0.461. The second-order valence-electron chi connectivity index (χ2n) is 7.50. The summed E-state index contributed by atoms with van der Waals surface area (Å²) in [5.41, 5.74) is 4.43. The van der Waals surface area contributed by atoms with Crippen molar-refractivity contribution in [1.29, 1.82) is 0 Å². The van der Waals surface area contributed by atoms with Gasteiger partial charge < -0.3 is 19.7 Å². The Balaban J connectivity index is 2.24. The zero-order valence-corrected chi connectivity index (χ0v) is 18.4. The van der Waals surface area contributed by atoms with E-state index in [0.717, 1.165) is 28.9 Å². The van der Waals surface area contributed by atoms with Crippen LogP contribution < -0.4 is 15.6 Å². The number of carboxylic acid groups (broad SMARTS) is 1. The maximum atomic E-state index is 12.1. The van der Waals surface area contributed by atoms with Crippen molar-refractivity contribution >= 4 is 17.4 Å². The molecule has 0 saturated heterocycles. The number of aryl methyl sites for hydroxylation is 3. The SMILES string of the molecule is CCC(C)/C(=N\c1ccc(OCCNCC(=O)O)cc1C)c1cc(C)c(=O)n(C)c1. The zero-order chi connectivity index (χ0) is 22.3. The number of nitrogens with one attached hydrogen (secondary N) is 1. The number of aromatic nitrogens is 1. The van der Waals surface area contributed by atoms with Gasteiger partial charge in [-0.05, 0) is 56.0 Å². The van der Waals surface area contributed by atoms with Crippen LogP contribution in [0.1, 0.15) is 37.0 Å². The molecule has 0 amide bonds. The monoisotopic (exact) mass is 413 g/mol. The zero-order valence-electron chi connectivity index (χ0n) is 18.4. The fraction of sp³-hybridized carbons (Fsp3) is 0.435. The van der Waals surface area contributed by atoms with Crippen LogP contribution in [0.3, 0.4) is 0 Å². The predicted octanol–water partition coefficient (Wildman–Crippen LogP) is 3.22. The van der Waals surface area contributed by atoms with Gasteiger partial charge in [0.15, 0.2) is 0 Å². The maximum Gasteiger partial charge on any atom is 0.317 e. The summed E-state index contributed by atoms with van der Waals surface area (Å²) in [5, 5.41) is 11.4. The number of hydrogen-bond donors (Lipinski definition) is 2. The number of ether oxygens (including phenoxy) is 1. The van der Waals surface area contributed by atoms with Gasteiger partial charge in [-0.25, -0.2) is 0 Å². The number of nitrogens with zero attached hydrogens (tertiary/aromatic N) is 2. The Kier molecular flexibility index (Phi) is 8.35. The number of pyridine rings is 1. The highest BCUT2D eigenvalue weighted by Crippen LogP contribution is 2.26. The number of aliphatic imine (C=N–C) groups is 1. The van der Waals surface area contributed by atoms with Crippen LogP contribution in [0.4, 0.5) is 5.69 Å². The van der Waals surface area contributed by atoms with Crippen molar-refractivity contribution in [2.24, 2.45) is 18.0 Å². The normalized spacial score (nSPS) is 12.6. The van der Waals surface area contributed by atoms with Crippen molar-refractivity contribution in [3.05, 3.63) is 57.5 Å². The second-order valence-corrected chi connectivity index (χ2v) is 7.50. The first-order chi connectivity index (χ1) is 14.2. The molecule has 1 heterocycles. The molecule has 7 nitrogen and oxygen atoms in total. The summed E-state index contributed by atoms with van der Waals surface area (Å²) in [6.07, 6.45) is 2.78. The third-order valence-corrected chi connectivity index (χ3v) is 4.97. The molecule has 2 rings (SSSR count). The third kappa shape index (κ3) is 6.29. The Hall–Kier alpha value is -2.93. The lowest BCUT2D eigenvalue weighted by Crippen LogP contribution is -2.26. The van der Waals surface area contributed by atoms with E-state index in [0.29, 0.717) is 24.5 Å². The van der Waals surface area contributed by atoms with Gasteiger partial charge in [0.05, 0.1) is 17.9 Å². The molecular formula is C23H31N3O4. The van der Waals surface area contributed by atoms with E-state index in [4.69, 9.17) is 14.8 Å². The average molecular weight is 414 g/mol. The van der Waals surface area contributed by atoms with Gasteiger partial charge in [0.1, 0.15) is 12.4 Å². The molecule has 1 atom stereocenters. The molecule has 0 radical (unpaired) electrons. The van der Waals surface area contributed by atoms with E-state index in [1.165, 1.54) is 0 Å². The Morgan fingerprint density at radius 2 is 2.00 bits per heavy atom. The Morgan fingerprint density at radius 1 is 1.27 bits per heavy atom. The largest absolute Gasteiger partial charge is 0.492 e. The van der Waals surface area contributed by atoms with E-state index in [9.17, 15) is 9.59 Å². The van der Waals surface area contributed by atoms with Gasteiger partial charge in [-0.15, -0.1) is 0 Å². The molecule has 2 N–H and O–H groups in total. The number of carboxylic acids is 1. The van der Waals surface area contributed by atoms with Gasteiger partial charge in [0.2, 0.25) is 0 Å².